The average Bonchev–Trinajstić information content (AvgIpc) is 3.71. The second-order valence-corrected chi connectivity index (χ2v) is 26.4. The van der Waals surface area contributed by atoms with Gasteiger partial charge in [0, 0.05) is 50.8 Å². The standard InChI is InChI=1S/C71H76BN3/c1-45-37-63-65-64(38-45)75-66-56(70(13)35-21-22-36-71(70,75)14)41-50(48-23-17-15-18-24-48)42-58(66)72(65)57-31-30-54(44-62(57)74(63)61-34-29-53(69(10,11)12)43-55(61)49-25-19-16-20-26-49)73(59-32-27-51(39-46(59)2)67(4,5)6)60-33-28-52(40-47(60)3)68(7,8)9/h15-20,23-34,37-44H,21-22,35-36H2,1-14H3. The van der Waals surface area contributed by atoms with Gasteiger partial charge in [-0.2, -0.15) is 0 Å². The summed E-state index contributed by atoms with van der Waals surface area (Å²) in [5, 5.41) is 0. The van der Waals surface area contributed by atoms with E-state index in [4.69, 9.17) is 0 Å². The molecule has 3 aliphatic heterocycles. The Morgan fingerprint density at radius 3 is 1.64 bits per heavy atom. The molecule has 0 saturated heterocycles. The van der Waals surface area contributed by atoms with Crippen molar-refractivity contribution in [1.82, 2.24) is 0 Å². The lowest BCUT2D eigenvalue weighted by Gasteiger charge is -2.53. The Labute approximate surface area is 449 Å². The van der Waals surface area contributed by atoms with Crippen LogP contribution >= 0.6 is 0 Å². The van der Waals surface area contributed by atoms with E-state index in [-0.39, 0.29) is 33.9 Å². The summed E-state index contributed by atoms with van der Waals surface area (Å²) in [6.45, 7) is 33.1. The maximum Gasteiger partial charge on any atom is 0.252 e. The van der Waals surface area contributed by atoms with Gasteiger partial charge < -0.3 is 14.7 Å². The summed E-state index contributed by atoms with van der Waals surface area (Å²) in [6.07, 6.45) is 4.82. The van der Waals surface area contributed by atoms with E-state index in [0.29, 0.717) is 0 Å². The molecule has 378 valence electrons. The second kappa shape index (κ2) is 17.1. The Balaban J connectivity index is 1.19. The number of anilines is 8. The Morgan fingerprint density at radius 1 is 0.480 bits per heavy atom. The van der Waals surface area contributed by atoms with Gasteiger partial charge in [-0.1, -0.05) is 185 Å². The van der Waals surface area contributed by atoms with Gasteiger partial charge in [-0.05, 0) is 183 Å². The fourth-order valence-corrected chi connectivity index (χ4v) is 13.9. The third kappa shape index (κ3) is 7.66. The third-order valence-corrected chi connectivity index (χ3v) is 18.3. The van der Waals surface area contributed by atoms with Gasteiger partial charge in [-0.15, -0.1) is 0 Å². The van der Waals surface area contributed by atoms with E-state index in [1.807, 2.05) is 0 Å². The van der Waals surface area contributed by atoms with Gasteiger partial charge in [-0.3, -0.25) is 0 Å². The van der Waals surface area contributed by atoms with Crippen LogP contribution in [0.1, 0.15) is 141 Å². The SMILES string of the molecule is Cc1cc2c3c(c1)N1c4c(cc(-c5ccccc5)cc4C4(C)CCCCC14C)B3c1ccc(N(c3ccc(C(C)(C)C)cc3C)c3ccc(C(C)(C)C)cc3C)cc1N2c1ccc(C(C)(C)C)cc1-c1ccccc1. The van der Waals surface area contributed by atoms with Crippen molar-refractivity contribution in [1.29, 1.82) is 0 Å². The van der Waals surface area contributed by atoms with Crippen LogP contribution in [0.5, 0.6) is 0 Å². The van der Waals surface area contributed by atoms with Crippen molar-refractivity contribution in [3.05, 3.63) is 197 Å². The molecule has 0 N–H and O–H groups in total. The Morgan fingerprint density at radius 2 is 1.04 bits per heavy atom. The molecule has 3 heterocycles. The molecular formula is C71H76BN3. The van der Waals surface area contributed by atoms with Crippen molar-refractivity contribution in [3.8, 4) is 22.3 Å². The minimum Gasteiger partial charge on any atom is -0.335 e. The summed E-state index contributed by atoms with van der Waals surface area (Å²) in [5.41, 5.74) is 28.5. The van der Waals surface area contributed by atoms with Crippen LogP contribution in [0.25, 0.3) is 22.3 Å². The number of hydrogen-bond acceptors (Lipinski definition) is 3. The Kier molecular flexibility index (Phi) is 11.2. The van der Waals surface area contributed by atoms with Gasteiger partial charge in [0.1, 0.15) is 0 Å². The molecular weight excluding hydrogens is 906 g/mol. The van der Waals surface area contributed by atoms with Crippen molar-refractivity contribution in [3.63, 3.8) is 0 Å². The Bertz CT molecular complexity index is 3520. The van der Waals surface area contributed by atoms with E-state index >= 15 is 0 Å². The summed E-state index contributed by atoms with van der Waals surface area (Å²) in [5.74, 6) is 0. The molecule has 8 aromatic rings. The zero-order valence-electron chi connectivity index (χ0n) is 47.3. The van der Waals surface area contributed by atoms with Gasteiger partial charge >= 0.3 is 0 Å². The van der Waals surface area contributed by atoms with E-state index in [1.54, 1.807) is 0 Å². The highest BCUT2D eigenvalue weighted by Gasteiger charge is 2.61. The molecule has 75 heavy (non-hydrogen) atoms. The van der Waals surface area contributed by atoms with Crippen LogP contribution < -0.4 is 31.1 Å². The van der Waals surface area contributed by atoms with E-state index in [2.05, 4.69) is 269 Å². The molecule has 0 aromatic heterocycles. The predicted octanol–water partition coefficient (Wildman–Crippen LogP) is 17.7. The molecule has 0 bridgehead atoms. The normalized spacial score (nSPS) is 18.6. The zero-order chi connectivity index (χ0) is 52.7. The lowest BCUT2D eigenvalue weighted by Crippen LogP contribution is -2.64. The quantitative estimate of drug-likeness (QED) is 0.154. The van der Waals surface area contributed by atoms with Crippen LogP contribution in [-0.4, -0.2) is 12.3 Å². The first-order valence-electron chi connectivity index (χ1n) is 27.9. The van der Waals surface area contributed by atoms with E-state index < -0.39 is 0 Å². The topological polar surface area (TPSA) is 9.72 Å². The molecule has 0 radical (unpaired) electrons. The Hall–Kier alpha value is -6.78. The van der Waals surface area contributed by atoms with Crippen LogP contribution in [0.15, 0.2) is 158 Å². The van der Waals surface area contributed by atoms with E-state index in [0.717, 1.165) is 12.1 Å². The van der Waals surface area contributed by atoms with Crippen LogP contribution in [0.3, 0.4) is 0 Å². The smallest absolute Gasteiger partial charge is 0.252 e. The van der Waals surface area contributed by atoms with Gasteiger partial charge in [0.05, 0.1) is 11.2 Å². The van der Waals surface area contributed by atoms with E-state index in [1.165, 1.54) is 137 Å². The number of aryl methyl sites for hydroxylation is 3. The minimum atomic E-state index is -0.0933. The van der Waals surface area contributed by atoms with Crippen molar-refractivity contribution in [2.24, 2.45) is 0 Å². The molecule has 2 atom stereocenters. The summed E-state index contributed by atoms with van der Waals surface area (Å²) in [4.78, 5) is 8.12. The van der Waals surface area contributed by atoms with Gasteiger partial charge in [0.25, 0.3) is 6.71 Å². The fourth-order valence-electron chi connectivity index (χ4n) is 13.9. The highest BCUT2D eigenvalue weighted by atomic mass is 15.3. The number of rotatable bonds is 6. The highest BCUT2D eigenvalue weighted by Crippen LogP contribution is 2.62. The average molecular weight is 982 g/mol. The molecule has 1 aliphatic carbocycles. The minimum absolute atomic E-state index is 0.000000613. The highest BCUT2D eigenvalue weighted by molar-refractivity contribution is 7.00. The van der Waals surface area contributed by atoms with Crippen molar-refractivity contribution in [2.75, 3.05) is 14.7 Å². The largest absolute Gasteiger partial charge is 0.335 e. The predicted molar refractivity (Wildman–Crippen MR) is 324 cm³/mol. The van der Waals surface area contributed by atoms with Crippen LogP contribution in [0, 0.1) is 20.8 Å². The fraction of sp³-hybridized carbons (Fsp3) is 0.324. The van der Waals surface area contributed by atoms with Crippen LogP contribution in [0.4, 0.5) is 45.5 Å². The lowest BCUT2D eigenvalue weighted by molar-refractivity contribution is 0.195. The molecule has 8 aromatic carbocycles. The lowest BCUT2D eigenvalue weighted by atomic mass is 9.33. The van der Waals surface area contributed by atoms with Gasteiger partial charge in [0.15, 0.2) is 0 Å². The van der Waals surface area contributed by atoms with Crippen LogP contribution in [-0.2, 0) is 21.7 Å². The summed E-state index contributed by atoms with van der Waals surface area (Å²) >= 11 is 0. The number of nitrogens with zero attached hydrogens (tertiary/aromatic N) is 3. The first kappa shape index (κ1) is 49.1. The number of benzene rings is 8. The molecule has 12 rings (SSSR count). The molecule has 0 amide bonds. The van der Waals surface area contributed by atoms with E-state index in [9.17, 15) is 0 Å². The number of hydrogen-bond donors (Lipinski definition) is 0. The van der Waals surface area contributed by atoms with Crippen LogP contribution in [0.2, 0.25) is 0 Å². The van der Waals surface area contributed by atoms with Crippen molar-refractivity contribution >= 4 is 68.6 Å². The van der Waals surface area contributed by atoms with Crippen molar-refractivity contribution < 1.29 is 0 Å². The van der Waals surface area contributed by atoms with Gasteiger partial charge in [0.2, 0.25) is 0 Å². The molecule has 1 fully saturated rings. The maximum absolute atomic E-state index is 2.88. The molecule has 3 nitrogen and oxygen atoms in total. The zero-order valence-corrected chi connectivity index (χ0v) is 47.3. The first-order valence-corrected chi connectivity index (χ1v) is 27.9. The molecule has 1 saturated carbocycles. The monoisotopic (exact) mass is 982 g/mol. The first-order chi connectivity index (χ1) is 35.6. The maximum atomic E-state index is 2.88. The second-order valence-electron chi connectivity index (χ2n) is 26.4. The molecule has 2 unspecified atom stereocenters. The van der Waals surface area contributed by atoms with Crippen molar-refractivity contribution in [2.45, 2.75) is 150 Å². The van der Waals surface area contributed by atoms with Gasteiger partial charge in [-0.25, -0.2) is 0 Å². The molecule has 4 aliphatic rings. The summed E-state index contributed by atoms with van der Waals surface area (Å²) in [6, 6.07) is 61.7. The molecule has 0 spiro atoms. The third-order valence-electron chi connectivity index (χ3n) is 18.3. The number of fused-ring (bicyclic) bond motifs is 7. The summed E-state index contributed by atoms with van der Waals surface area (Å²) in [7, 11) is 0. The summed E-state index contributed by atoms with van der Waals surface area (Å²) < 4.78 is 0. The molecule has 4 heteroatoms.